The van der Waals surface area contributed by atoms with Gasteiger partial charge in [0.25, 0.3) is 0 Å². The number of thioether (sulfide) groups is 1. The van der Waals surface area contributed by atoms with Crippen molar-refractivity contribution in [2.45, 2.75) is 24.9 Å². The second kappa shape index (κ2) is 5.25. The first-order chi connectivity index (χ1) is 10.7. The van der Waals surface area contributed by atoms with Crippen LogP contribution in [0.5, 0.6) is 0 Å². The molecule has 0 amide bonds. The zero-order valence-corrected chi connectivity index (χ0v) is 13.1. The third kappa shape index (κ3) is 2.11. The Kier molecular flexibility index (Phi) is 3.35. The fraction of sp³-hybridized carbons (Fsp3) is 0.412. The van der Waals surface area contributed by atoms with Crippen molar-refractivity contribution in [3.05, 3.63) is 40.3 Å². The van der Waals surface area contributed by atoms with E-state index in [1.54, 1.807) is 12.1 Å². The lowest BCUT2D eigenvalue weighted by atomic mass is 9.91. The number of rotatable bonds is 0. The molecule has 4 nitrogen and oxygen atoms in total. The lowest BCUT2D eigenvalue weighted by Gasteiger charge is -2.39. The molecule has 2 N–H and O–H groups in total. The van der Waals surface area contributed by atoms with Crippen LogP contribution in [-0.4, -0.2) is 36.0 Å². The van der Waals surface area contributed by atoms with E-state index in [-0.39, 0.29) is 5.60 Å². The van der Waals surface area contributed by atoms with Crippen LogP contribution in [0.4, 0.5) is 0 Å². The van der Waals surface area contributed by atoms with E-state index in [1.807, 2.05) is 12.1 Å². The fourth-order valence-corrected chi connectivity index (χ4v) is 4.72. The molecule has 2 aliphatic heterocycles. The number of ketones is 2. The highest BCUT2D eigenvalue weighted by Gasteiger charge is 2.44. The van der Waals surface area contributed by atoms with E-state index in [2.05, 4.69) is 5.32 Å². The first-order valence-electron chi connectivity index (χ1n) is 7.76. The van der Waals surface area contributed by atoms with Crippen molar-refractivity contribution in [2.75, 3.05) is 18.8 Å². The second-order valence-electron chi connectivity index (χ2n) is 6.16. The third-order valence-corrected chi connectivity index (χ3v) is 6.01. The summed E-state index contributed by atoms with van der Waals surface area (Å²) in [5.41, 5.74) is 1.07. The summed E-state index contributed by atoms with van der Waals surface area (Å²) in [6.07, 6.45) is 3.12. The van der Waals surface area contributed by atoms with E-state index < -0.39 is 11.6 Å². The van der Waals surface area contributed by atoms with Gasteiger partial charge in [-0.25, -0.2) is 0 Å². The summed E-state index contributed by atoms with van der Waals surface area (Å²) in [6, 6.07) is 7.29. The fourth-order valence-electron chi connectivity index (χ4n) is 3.46. The zero-order valence-electron chi connectivity index (χ0n) is 12.3. The lowest BCUT2D eigenvalue weighted by molar-refractivity contribution is -0.653. The van der Waals surface area contributed by atoms with Crippen molar-refractivity contribution < 1.29 is 19.6 Å². The van der Waals surface area contributed by atoms with Crippen molar-refractivity contribution in [3.63, 3.8) is 0 Å². The molecule has 2 heterocycles. The number of benzene rings is 1. The SMILES string of the molecule is O=C1C(=O)c2ccccc2C2=C1SCC1(CCC[NH2+]CC1)O2. The number of ether oxygens (including phenoxy) is 1. The Morgan fingerprint density at radius 3 is 2.73 bits per heavy atom. The molecular weight excluding hydrogens is 298 g/mol. The molecule has 5 heteroatoms. The van der Waals surface area contributed by atoms with Gasteiger partial charge in [0.2, 0.25) is 11.6 Å². The molecule has 0 radical (unpaired) electrons. The van der Waals surface area contributed by atoms with Gasteiger partial charge in [0.05, 0.1) is 13.1 Å². The topological polar surface area (TPSA) is 60.0 Å². The van der Waals surface area contributed by atoms with Crippen molar-refractivity contribution in [1.82, 2.24) is 0 Å². The Bertz CT molecular complexity index is 687. The number of quaternary nitrogens is 1. The maximum atomic E-state index is 12.3. The van der Waals surface area contributed by atoms with E-state index in [9.17, 15) is 9.59 Å². The van der Waals surface area contributed by atoms with Gasteiger partial charge in [-0.1, -0.05) is 24.3 Å². The molecule has 1 fully saturated rings. The smallest absolute Gasteiger partial charge is 0.243 e. The largest absolute Gasteiger partial charge is 0.484 e. The maximum absolute atomic E-state index is 12.3. The molecule has 3 aliphatic rings. The summed E-state index contributed by atoms with van der Waals surface area (Å²) in [5, 5.41) is 2.33. The van der Waals surface area contributed by atoms with Gasteiger partial charge in [0, 0.05) is 29.7 Å². The summed E-state index contributed by atoms with van der Waals surface area (Å²) in [5.74, 6) is 0.587. The average molecular weight is 316 g/mol. The van der Waals surface area contributed by atoms with E-state index in [4.69, 9.17) is 4.74 Å². The molecule has 1 aliphatic carbocycles. The quantitative estimate of drug-likeness (QED) is 0.735. The Balaban J connectivity index is 1.79. The van der Waals surface area contributed by atoms with E-state index >= 15 is 0 Å². The number of hydrogen-bond donors (Lipinski definition) is 1. The minimum atomic E-state index is -0.409. The predicted molar refractivity (Wildman–Crippen MR) is 84.5 cm³/mol. The van der Waals surface area contributed by atoms with Gasteiger partial charge in [-0.3, -0.25) is 9.59 Å². The highest BCUT2D eigenvalue weighted by molar-refractivity contribution is 8.04. The molecule has 0 aromatic heterocycles. The predicted octanol–water partition coefficient (Wildman–Crippen LogP) is 1.37. The van der Waals surface area contributed by atoms with E-state index in [0.717, 1.165) is 43.7 Å². The molecule has 0 saturated carbocycles. The molecule has 114 valence electrons. The molecule has 1 saturated heterocycles. The van der Waals surface area contributed by atoms with E-state index in [0.29, 0.717) is 16.2 Å². The van der Waals surface area contributed by atoms with Crippen LogP contribution in [0.3, 0.4) is 0 Å². The number of allylic oxidation sites excluding steroid dienone is 1. The molecule has 1 aromatic rings. The van der Waals surface area contributed by atoms with Crippen LogP contribution in [0, 0.1) is 0 Å². The number of fused-ring (bicyclic) bond motifs is 2. The monoisotopic (exact) mass is 316 g/mol. The average Bonchev–Trinajstić information content (AvgIpc) is 2.78. The van der Waals surface area contributed by atoms with Crippen LogP contribution in [0.2, 0.25) is 0 Å². The first kappa shape index (κ1) is 14.0. The van der Waals surface area contributed by atoms with Crippen molar-refractivity contribution in [2.24, 2.45) is 0 Å². The van der Waals surface area contributed by atoms with Crippen LogP contribution >= 0.6 is 11.8 Å². The van der Waals surface area contributed by atoms with Crippen LogP contribution in [0.25, 0.3) is 5.76 Å². The summed E-state index contributed by atoms with van der Waals surface area (Å²) in [6.45, 7) is 2.19. The van der Waals surface area contributed by atoms with Gasteiger partial charge in [0.15, 0.2) is 0 Å². The molecular formula is C17H18NO3S+. The molecule has 1 unspecified atom stereocenters. The Morgan fingerprint density at radius 1 is 1.05 bits per heavy atom. The summed E-state index contributed by atoms with van der Waals surface area (Å²) >= 11 is 1.51. The highest BCUT2D eigenvalue weighted by atomic mass is 32.2. The standard InChI is InChI=1S/C17H17NO3S/c19-13-11-4-1-2-5-12(11)15-16(14(13)20)22-10-17(21-15)6-3-8-18-9-7-17/h1-2,4-5,18H,3,6-10H2/p+1. The van der Waals surface area contributed by atoms with Gasteiger partial charge in [-0.05, 0) is 6.42 Å². The Morgan fingerprint density at radius 2 is 1.86 bits per heavy atom. The maximum Gasteiger partial charge on any atom is 0.243 e. The number of carbonyl (C=O) groups excluding carboxylic acids is 2. The minimum Gasteiger partial charge on any atom is -0.484 e. The van der Waals surface area contributed by atoms with Gasteiger partial charge in [0.1, 0.15) is 16.3 Å². The number of carbonyl (C=O) groups is 2. The van der Waals surface area contributed by atoms with E-state index in [1.165, 1.54) is 11.8 Å². The number of Topliss-reactive ketones (excluding diaryl/α,β-unsaturated/α-hetero) is 2. The second-order valence-corrected chi connectivity index (χ2v) is 7.14. The number of hydrogen-bond acceptors (Lipinski definition) is 4. The molecule has 4 rings (SSSR count). The van der Waals surface area contributed by atoms with Crippen molar-refractivity contribution >= 4 is 29.1 Å². The molecule has 1 atom stereocenters. The number of nitrogens with two attached hydrogens (primary N) is 1. The normalized spacial score (nSPS) is 28.0. The summed E-state index contributed by atoms with van der Waals surface area (Å²) in [4.78, 5) is 25.1. The van der Waals surface area contributed by atoms with Gasteiger partial charge in [-0.15, -0.1) is 11.8 Å². The van der Waals surface area contributed by atoms with Crippen molar-refractivity contribution in [3.8, 4) is 0 Å². The molecule has 22 heavy (non-hydrogen) atoms. The van der Waals surface area contributed by atoms with Crippen molar-refractivity contribution in [1.29, 1.82) is 0 Å². The molecule has 0 bridgehead atoms. The zero-order chi connectivity index (χ0) is 15.2. The van der Waals surface area contributed by atoms with Crippen LogP contribution in [-0.2, 0) is 9.53 Å². The Labute approximate surface area is 133 Å². The van der Waals surface area contributed by atoms with Crippen LogP contribution in [0.15, 0.2) is 29.2 Å². The Hall–Kier alpha value is -1.59. The summed E-state index contributed by atoms with van der Waals surface area (Å²) in [7, 11) is 0. The van der Waals surface area contributed by atoms with Crippen LogP contribution in [0.1, 0.15) is 35.2 Å². The highest BCUT2D eigenvalue weighted by Crippen LogP contribution is 2.46. The van der Waals surface area contributed by atoms with Gasteiger partial charge in [-0.2, -0.15) is 0 Å². The third-order valence-electron chi connectivity index (χ3n) is 4.68. The van der Waals surface area contributed by atoms with Gasteiger partial charge < -0.3 is 10.1 Å². The lowest BCUT2D eigenvalue weighted by Crippen LogP contribution is -2.84. The molecule has 1 aromatic carbocycles. The van der Waals surface area contributed by atoms with Gasteiger partial charge >= 0.3 is 0 Å². The summed E-state index contributed by atoms with van der Waals surface area (Å²) < 4.78 is 6.41. The molecule has 1 spiro atoms. The minimum absolute atomic E-state index is 0.190. The van der Waals surface area contributed by atoms with Crippen LogP contribution < -0.4 is 5.32 Å². The first-order valence-corrected chi connectivity index (χ1v) is 8.75.